The minimum absolute atomic E-state index is 0.706. The third-order valence-electron chi connectivity index (χ3n) is 6.79. The van der Waals surface area contributed by atoms with Crippen LogP contribution in [0.1, 0.15) is 43.9 Å². The summed E-state index contributed by atoms with van der Waals surface area (Å²) in [5, 5.41) is 1.21. The molecule has 3 aromatic rings. The van der Waals surface area contributed by atoms with Crippen LogP contribution in [-0.2, 0) is 6.42 Å². The molecule has 1 aromatic carbocycles. The summed E-state index contributed by atoms with van der Waals surface area (Å²) in [7, 11) is 0. The highest BCUT2D eigenvalue weighted by Gasteiger charge is 2.20. The molecule has 30 heavy (non-hydrogen) atoms. The average Bonchev–Trinajstić information content (AvgIpc) is 3.44. The zero-order chi connectivity index (χ0) is 20.5. The lowest BCUT2D eigenvalue weighted by Crippen LogP contribution is -2.29. The zero-order valence-electron chi connectivity index (χ0n) is 18.1. The van der Waals surface area contributed by atoms with Crippen LogP contribution in [-0.4, -0.2) is 52.1 Å². The lowest BCUT2D eigenvalue weighted by Gasteiger charge is -2.21. The number of benzene rings is 1. The molecule has 5 rings (SSSR count). The number of nitrogens with zero attached hydrogens (tertiary/aromatic N) is 5. The number of para-hydroxylation sites is 1. The molecule has 156 valence electrons. The number of fused-ring (bicyclic) bond motifs is 1. The molecule has 5 heteroatoms. The fourth-order valence-electron chi connectivity index (χ4n) is 4.92. The number of hydrogen-bond donors (Lipinski definition) is 0. The van der Waals surface area contributed by atoms with Gasteiger partial charge >= 0.3 is 0 Å². The average molecular weight is 402 g/mol. The first-order valence-electron chi connectivity index (χ1n) is 11.4. The van der Waals surface area contributed by atoms with Crippen molar-refractivity contribution in [1.29, 1.82) is 0 Å². The van der Waals surface area contributed by atoms with E-state index in [1.54, 1.807) is 0 Å². The van der Waals surface area contributed by atoms with Crippen molar-refractivity contribution in [2.24, 2.45) is 0 Å². The molecular weight excluding hydrogens is 370 g/mol. The van der Waals surface area contributed by atoms with E-state index in [4.69, 9.17) is 9.97 Å². The molecule has 0 unspecified atom stereocenters. The van der Waals surface area contributed by atoms with E-state index in [-0.39, 0.29) is 0 Å². The SMILES string of the molecule is Cc1nc(N2CCCC2)ncc1-c1ccc2cccc(CCN3CCC[C@H]3C)c2n1. The molecule has 5 nitrogen and oxygen atoms in total. The molecule has 0 radical (unpaired) electrons. The molecule has 2 aliphatic heterocycles. The second-order valence-electron chi connectivity index (χ2n) is 8.83. The lowest BCUT2D eigenvalue weighted by molar-refractivity contribution is 0.272. The molecule has 4 heterocycles. The quantitative estimate of drug-likeness (QED) is 0.624. The van der Waals surface area contributed by atoms with Gasteiger partial charge in [-0.15, -0.1) is 0 Å². The number of hydrogen-bond acceptors (Lipinski definition) is 5. The predicted octanol–water partition coefficient (Wildman–Crippen LogP) is 4.63. The Balaban J connectivity index is 1.44. The van der Waals surface area contributed by atoms with Crippen LogP contribution in [0.4, 0.5) is 5.95 Å². The molecule has 0 amide bonds. The maximum absolute atomic E-state index is 5.09. The first-order valence-corrected chi connectivity index (χ1v) is 11.4. The molecule has 0 bridgehead atoms. The monoisotopic (exact) mass is 401 g/mol. The molecule has 0 N–H and O–H groups in total. The van der Waals surface area contributed by atoms with Gasteiger partial charge < -0.3 is 9.80 Å². The van der Waals surface area contributed by atoms with Gasteiger partial charge in [-0.3, -0.25) is 0 Å². The van der Waals surface area contributed by atoms with Crippen molar-refractivity contribution >= 4 is 16.9 Å². The molecule has 2 aromatic heterocycles. The fourth-order valence-corrected chi connectivity index (χ4v) is 4.92. The van der Waals surface area contributed by atoms with Gasteiger partial charge in [0.15, 0.2) is 0 Å². The van der Waals surface area contributed by atoms with Crippen molar-refractivity contribution in [3.05, 3.63) is 47.8 Å². The van der Waals surface area contributed by atoms with Crippen molar-refractivity contribution < 1.29 is 0 Å². The topological polar surface area (TPSA) is 45.2 Å². The predicted molar refractivity (Wildman–Crippen MR) is 123 cm³/mol. The van der Waals surface area contributed by atoms with Gasteiger partial charge in [-0.1, -0.05) is 24.3 Å². The maximum Gasteiger partial charge on any atom is 0.225 e. The third kappa shape index (κ3) is 3.79. The molecule has 1 atom stereocenters. The summed E-state index contributed by atoms with van der Waals surface area (Å²) >= 11 is 0. The van der Waals surface area contributed by atoms with Gasteiger partial charge in [-0.05, 0) is 64.1 Å². The summed E-state index contributed by atoms with van der Waals surface area (Å²) in [5.41, 5.74) is 5.45. The summed E-state index contributed by atoms with van der Waals surface area (Å²) < 4.78 is 0. The van der Waals surface area contributed by atoms with Gasteiger partial charge in [0.25, 0.3) is 0 Å². The molecular formula is C25H31N5. The first kappa shape index (κ1) is 19.4. The Morgan fingerprint density at radius 1 is 1.00 bits per heavy atom. The van der Waals surface area contributed by atoms with E-state index in [9.17, 15) is 0 Å². The Kier molecular flexibility index (Phi) is 5.38. The van der Waals surface area contributed by atoms with E-state index >= 15 is 0 Å². The van der Waals surface area contributed by atoms with E-state index in [0.29, 0.717) is 6.04 Å². The largest absolute Gasteiger partial charge is 0.341 e. The summed E-state index contributed by atoms with van der Waals surface area (Å²) in [6.07, 6.45) is 8.11. The van der Waals surface area contributed by atoms with E-state index in [1.807, 2.05) is 6.20 Å². The second kappa shape index (κ2) is 8.31. The van der Waals surface area contributed by atoms with E-state index in [2.05, 4.69) is 59.0 Å². The summed E-state index contributed by atoms with van der Waals surface area (Å²) in [4.78, 5) is 19.4. The van der Waals surface area contributed by atoms with E-state index in [1.165, 1.54) is 43.2 Å². The minimum atomic E-state index is 0.706. The number of anilines is 1. The number of aryl methyl sites for hydroxylation is 1. The number of pyridine rings is 1. The van der Waals surface area contributed by atoms with Crippen molar-refractivity contribution in [1.82, 2.24) is 19.9 Å². The Bertz CT molecular complexity index is 1040. The van der Waals surface area contributed by atoms with Crippen LogP contribution in [0.3, 0.4) is 0 Å². The number of rotatable bonds is 5. The standard InChI is InChI=1S/C25H31N5/c1-18-7-6-15-29(18)16-12-21-9-5-8-20-10-11-23(28-24(20)21)22-17-26-25(27-19(22)2)30-13-3-4-14-30/h5,8-11,17-18H,3-4,6-7,12-16H2,1-2H3/t18-/m1/s1. The Morgan fingerprint density at radius 3 is 2.63 bits per heavy atom. The smallest absolute Gasteiger partial charge is 0.225 e. The first-order chi connectivity index (χ1) is 14.7. The molecule has 2 aliphatic rings. The highest BCUT2D eigenvalue weighted by molar-refractivity contribution is 5.84. The zero-order valence-corrected chi connectivity index (χ0v) is 18.1. The van der Waals surface area contributed by atoms with Gasteiger partial charge in [0.05, 0.1) is 16.9 Å². The van der Waals surface area contributed by atoms with Crippen molar-refractivity contribution in [3.8, 4) is 11.3 Å². The summed E-state index contributed by atoms with van der Waals surface area (Å²) in [6.45, 7) is 8.88. The van der Waals surface area contributed by atoms with Crippen LogP contribution >= 0.6 is 0 Å². The van der Waals surface area contributed by atoms with Gasteiger partial charge in [-0.25, -0.2) is 15.0 Å². The fraction of sp³-hybridized carbons (Fsp3) is 0.480. The van der Waals surface area contributed by atoms with Crippen molar-refractivity contribution in [3.63, 3.8) is 0 Å². The van der Waals surface area contributed by atoms with Gasteiger partial charge in [0.1, 0.15) is 0 Å². The van der Waals surface area contributed by atoms with E-state index in [0.717, 1.165) is 54.5 Å². The molecule has 0 saturated carbocycles. The van der Waals surface area contributed by atoms with Gasteiger partial charge in [0, 0.05) is 42.8 Å². The van der Waals surface area contributed by atoms with Crippen molar-refractivity contribution in [2.45, 2.75) is 52.0 Å². The molecule has 2 saturated heterocycles. The highest BCUT2D eigenvalue weighted by Crippen LogP contribution is 2.27. The van der Waals surface area contributed by atoms with Crippen LogP contribution in [0.25, 0.3) is 22.2 Å². The summed E-state index contributed by atoms with van der Waals surface area (Å²) in [5.74, 6) is 0.856. The normalized spacial score (nSPS) is 19.8. The highest BCUT2D eigenvalue weighted by atomic mass is 15.3. The maximum atomic E-state index is 5.09. The van der Waals surface area contributed by atoms with Crippen LogP contribution in [0.5, 0.6) is 0 Å². The minimum Gasteiger partial charge on any atom is -0.341 e. The lowest BCUT2D eigenvalue weighted by atomic mass is 10.0. The van der Waals surface area contributed by atoms with Crippen molar-refractivity contribution in [2.75, 3.05) is 31.1 Å². The number of likely N-dealkylation sites (tertiary alicyclic amines) is 1. The Morgan fingerprint density at radius 2 is 1.87 bits per heavy atom. The Labute approximate surface area is 179 Å². The van der Waals surface area contributed by atoms with Crippen LogP contribution < -0.4 is 4.90 Å². The van der Waals surface area contributed by atoms with Gasteiger partial charge in [-0.2, -0.15) is 0 Å². The summed E-state index contributed by atoms with van der Waals surface area (Å²) in [6, 6.07) is 11.6. The van der Waals surface area contributed by atoms with Crippen LogP contribution in [0, 0.1) is 6.92 Å². The Hall–Kier alpha value is -2.53. The van der Waals surface area contributed by atoms with Gasteiger partial charge in [0.2, 0.25) is 5.95 Å². The van der Waals surface area contributed by atoms with E-state index < -0.39 is 0 Å². The number of aromatic nitrogens is 3. The van der Waals surface area contributed by atoms with Crippen LogP contribution in [0.2, 0.25) is 0 Å². The third-order valence-corrected chi connectivity index (χ3v) is 6.79. The molecule has 0 aliphatic carbocycles. The second-order valence-corrected chi connectivity index (χ2v) is 8.83. The molecule has 2 fully saturated rings. The van der Waals surface area contributed by atoms with Crippen LogP contribution in [0.15, 0.2) is 36.5 Å². The molecule has 0 spiro atoms.